The molecule has 92 valence electrons. The van der Waals surface area contributed by atoms with Crippen molar-refractivity contribution in [3.05, 3.63) is 42.3 Å². The summed E-state index contributed by atoms with van der Waals surface area (Å²) in [7, 11) is 0. The van der Waals surface area contributed by atoms with Crippen LogP contribution >= 0.6 is 0 Å². The van der Waals surface area contributed by atoms with Crippen molar-refractivity contribution >= 4 is 17.3 Å². The molecule has 18 heavy (non-hydrogen) atoms. The van der Waals surface area contributed by atoms with Gasteiger partial charge in [0, 0.05) is 12.2 Å². The minimum absolute atomic E-state index is 0.0212. The maximum absolute atomic E-state index is 12.2. The van der Waals surface area contributed by atoms with E-state index in [2.05, 4.69) is 15.8 Å². The standard InChI is InChI=1S/C13H13N3O2/c17-13(16-9-7-15-18-8-9)11-5-6-14-12-4-2-1-3-10(11)12/h1-4,7-8,11,14H,5-6H2,(H,16,17). The molecule has 1 unspecified atom stereocenters. The molecule has 1 aliphatic rings. The highest BCUT2D eigenvalue weighted by atomic mass is 16.5. The molecule has 5 nitrogen and oxygen atoms in total. The van der Waals surface area contributed by atoms with E-state index in [9.17, 15) is 4.79 Å². The second-order valence-electron chi connectivity index (χ2n) is 4.26. The lowest BCUT2D eigenvalue weighted by Gasteiger charge is -2.25. The third kappa shape index (κ3) is 1.95. The number of benzene rings is 1. The molecule has 1 atom stereocenters. The molecule has 1 aromatic heterocycles. The van der Waals surface area contributed by atoms with Crippen LogP contribution in [0.25, 0.3) is 0 Å². The van der Waals surface area contributed by atoms with Crippen molar-refractivity contribution in [1.29, 1.82) is 0 Å². The minimum Gasteiger partial charge on any atom is -0.385 e. The summed E-state index contributed by atoms with van der Waals surface area (Å²) in [5, 5.41) is 9.67. The van der Waals surface area contributed by atoms with E-state index in [0.29, 0.717) is 5.69 Å². The second-order valence-corrected chi connectivity index (χ2v) is 4.26. The maximum atomic E-state index is 12.2. The van der Waals surface area contributed by atoms with Gasteiger partial charge in [-0.2, -0.15) is 0 Å². The number of rotatable bonds is 2. The van der Waals surface area contributed by atoms with E-state index in [1.54, 1.807) is 0 Å². The van der Waals surface area contributed by atoms with Crippen molar-refractivity contribution in [3.8, 4) is 0 Å². The molecule has 0 bridgehead atoms. The first-order valence-corrected chi connectivity index (χ1v) is 5.87. The van der Waals surface area contributed by atoms with Crippen LogP contribution in [0.3, 0.4) is 0 Å². The van der Waals surface area contributed by atoms with Crippen molar-refractivity contribution in [1.82, 2.24) is 5.16 Å². The highest BCUT2D eigenvalue weighted by Gasteiger charge is 2.26. The normalized spacial score (nSPS) is 17.7. The van der Waals surface area contributed by atoms with Gasteiger partial charge in [-0.05, 0) is 18.1 Å². The van der Waals surface area contributed by atoms with E-state index in [1.807, 2.05) is 24.3 Å². The number of hydrogen-bond acceptors (Lipinski definition) is 4. The van der Waals surface area contributed by atoms with Crippen LogP contribution in [0.4, 0.5) is 11.4 Å². The molecule has 0 aliphatic carbocycles. The van der Waals surface area contributed by atoms with Crippen molar-refractivity contribution in [2.45, 2.75) is 12.3 Å². The van der Waals surface area contributed by atoms with E-state index in [4.69, 9.17) is 4.52 Å². The third-order valence-corrected chi connectivity index (χ3v) is 3.10. The predicted octanol–water partition coefficient (Wildman–Crippen LogP) is 2.21. The fourth-order valence-electron chi connectivity index (χ4n) is 2.24. The summed E-state index contributed by atoms with van der Waals surface area (Å²) in [6, 6.07) is 7.89. The molecule has 0 saturated carbocycles. The molecule has 0 radical (unpaired) electrons. The monoisotopic (exact) mass is 243 g/mol. The molecule has 5 heteroatoms. The summed E-state index contributed by atoms with van der Waals surface area (Å²) in [5.41, 5.74) is 2.67. The highest BCUT2D eigenvalue weighted by Crippen LogP contribution is 2.32. The van der Waals surface area contributed by atoms with Gasteiger partial charge in [0.2, 0.25) is 5.91 Å². The van der Waals surface area contributed by atoms with Crippen molar-refractivity contribution in [3.63, 3.8) is 0 Å². The lowest BCUT2D eigenvalue weighted by atomic mass is 9.90. The van der Waals surface area contributed by atoms with Gasteiger partial charge >= 0.3 is 0 Å². The lowest BCUT2D eigenvalue weighted by Crippen LogP contribution is -2.27. The molecule has 2 aromatic rings. The topological polar surface area (TPSA) is 67.2 Å². The highest BCUT2D eigenvalue weighted by molar-refractivity contribution is 5.96. The fraction of sp³-hybridized carbons (Fsp3) is 0.231. The molecule has 0 fully saturated rings. The average molecular weight is 243 g/mol. The molecular weight excluding hydrogens is 230 g/mol. The van der Waals surface area contributed by atoms with Crippen molar-refractivity contribution in [2.75, 3.05) is 17.2 Å². The Labute approximate surface area is 104 Å². The van der Waals surface area contributed by atoms with E-state index >= 15 is 0 Å². The first-order chi connectivity index (χ1) is 8.84. The Bertz CT molecular complexity index is 551. The number of anilines is 2. The number of nitrogens with one attached hydrogen (secondary N) is 2. The SMILES string of the molecule is O=C(Nc1cnoc1)C1CCNc2ccccc21. The predicted molar refractivity (Wildman–Crippen MR) is 67.4 cm³/mol. The van der Waals surface area contributed by atoms with Gasteiger partial charge < -0.3 is 15.2 Å². The van der Waals surface area contributed by atoms with Crippen molar-refractivity contribution in [2.24, 2.45) is 0 Å². The van der Waals surface area contributed by atoms with Crippen LogP contribution in [0.1, 0.15) is 17.9 Å². The molecule has 2 heterocycles. The number of nitrogens with zero attached hydrogens (tertiary/aromatic N) is 1. The first kappa shape index (κ1) is 10.8. The van der Waals surface area contributed by atoms with Crippen LogP contribution in [0.2, 0.25) is 0 Å². The van der Waals surface area contributed by atoms with Gasteiger partial charge in [0.1, 0.15) is 12.0 Å². The fourth-order valence-corrected chi connectivity index (χ4v) is 2.24. The number of aromatic nitrogens is 1. The van der Waals surface area contributed by atoms with Crippen LogP contribution in [-0.2, 0) is 4.79 Å². The Kier molecular flexibility index (Phi) is 2.72. The van der Waals surface area contributed by atoms with Gasteiger partial charge in [-0.25, -0.2) is 0 Å². The quantitative estimate of drug-likeness (QED) is 0.848. The third-order valence-electron chi connectivity index (χ3n) is 3.10. The maximum Gasteiger partial charge on any atom is 0.232 e. The Morgan fingerprint density at radius 3 is 3.17 bits per heavy atom. The van der Waals surface area contributed by atoms with E-state index < -0.39 is 0 Å². The number of amides is 1. The van der Waals surface area contributed by atoms with E-state index in [-0.39, 0.29) is 11.8 Å². The Balaban J connectivity index is 1.83. The van der Waals surface area contributed by atoms with E-state index in [1.165, 1.54) is 12.5 Å². The Morgan fingerprint density at radius 1 is 1.44 bits per heavy atom. The van der Waals surface area contributed by atoms with Gasteiger partial charge in [-0.15, -0.1) is 0 Å². The van der Waals surface area contributed by atoms with Crippen LogP contribution in [0.5, 0.6) is 0 Å². The molecule has 1 amide bonds. The summed E-state index contributed by atoms with van der Waals surface area (Å²) in [6.45, 7) is 0.804. The number of carbonyl (C=O) groups excluding carboxylic acids is 1. The molecule has 2 N–H and O–H groups in total. The minimum atomic E-state index is -0.127. The second kappa shape index (κ2) is 4.52. The lowest BCUT2D eigenvalue weighted by molar-refractivity contribution is -0.117. The molecule has 1 aromatic carbocycles. The zero-order valence-electron chi connectivity index (χ0n) is 9.72. The first-order valence-electron chi connectivity index (χ1n) is 5.87. The smallest absolute Gasteiger partial charge is 0.232 e. The number of fused-ring (bicyclic) bond motifs is 1. The van der Waals surface area contributed by atoms with Gasteiger partial charge in [0.25, 0.3) is 0 Å². The largest absolute Gasteiger partial charge is 0.385 e. The molecule has 1 aliphatic heterocycles. The van der Waals surface area contributed by atoms with Crippen LogP contribution < -0.4 is 10.6 Å². The number of hydrogen-bond donors (Lipinski definition) is 2. The van der Waals surface area contributed by atoms with Gasteiger partial charge in [0.05, 0.1) is 12.1 Å². The summed E-state index contributed by atoms with van der Waals surface area (Å²) in [5.74, 6) is -0.149. The van der Waals surface area contributed by atoms with Gasteiger partial charge in [0.15, 0.2) is 0 Å². The van der Waals surface area contributed by atoms with Gasteiger partial charge in [-0.1, -0.05) is 23.4 Å². The molecule has 0 spiro atoms. The zero-order chi connectivity index (χ0) is 12.4. The van der Waals surface area contributed by atoms with Crippen LogP contribution in [-0.4, -0.2) is 17.6 Å². The molecular formula is C13H13N3O2. The molecule has 3 rings (SSSR count). The molecule has 0 saturated heterocycles. The summed E-state index contributed by atoms with van der Waals surface area (Å²) >= 11 is 0. The summed E-state index contributed by atoms with van der Waals surface area (Å²) in [4.78, 5) is 12.2. The number of para-hydroxylation sites is 1. The number of carbonyl (C=O) groups is 1. The van der Waals surface area contributed by atoms with E-state index in [0.717, 1.165) is 24.2 Å². The van der Waals surface area contributed by atoms with Crippen molar-refractivity contribution < 1.29 is 9.32 Å². The Morgan fingerprint density at radius 2 is 2.33 bits per heavy atom. The zero-order valence-corrected chi connectivity index (χ0v) is 9.72. The van der Waals surface area contributed by atoms with Crippen LogP contribution in [0, 0.1) is 0 Å². The average Bonchev–Trinajstić information content (AvgIpc) is 2.91. The Hall–Kier alpha value is -2.30. The summed E-state index contributed by atoms with van der Waals surface area (Å²) < 4.78 is 4.70. The summed E-state index contributed by atoms with van der Waals surface area (Å²) in [6.07, 6.45) is 3.70. The van der Waals surface area contributed by atoms with Gasteiger partial charge in [-0.3, -0.25) is 4.79 Å². The van der Waals surface area contributed by atoms with Crippen LogP contribution in [0.15, 0.2) is 41.2 Å².